The molecule has 2 amide bonds. The van der Waals surface area contributed by atoms with Gasteiger partial charge in [0.2, 0.25) is 12.7 Å². The number of benzene rings is 4. The number of rotatable bonds is 12. The lowest BCUT2D eigenvalue weighted by Gasteiger charge is -2.28. The molecule has 5 N–H and O–H groups in total. The number of anilines is 3. The van der Waals surface area contributed by atoms with E-state index in [4.69, 9.17) is 29.4 Å². The van der Waals surface area contributed by atoms with E-state index in [1.54, 1.807) is 72.8 Å². The Labute approximate surface area is 260 Å². The number of methoxy groups -OCH3 is 1. The fraction of sp³-hybridized carbons (Fsp3) is 0.176. The summed E-state index contributed by atoms with van der Waals surface area (Å²) >= 11 is 0. The molecule has 11 heteroatoms. The highest BCUT2D eigenvalue weighted by atomic mass is 16.7. The van der Waals surface area contributed by atoms with Crippen molar-refractivity contribution < 1.29 is 38.4 Å². The second-order valence-corrected chi connectivity index (χ2v) is 9.98. The Morgan fingerprint density at radius 1 is 0.956 bits per heavy atom. The first-order valence-electron chi connectivity index (χ1n) is 14.2. The van der Waals surface area contributed by atoms with Crippen LogP contribution < -0.4 is 35.3 Å². The van der Waals surface area contributed by atoms with E-state index in [1.807, 2.05) is 18.2 Å². The molecule has 1 heterocycles. The number of fused-ring (bicyclic) bond motifs is 1. The van der Waals surface area contributed by atoms with Gasteiger partial charge in [0, 0.05) is 17.3 Å². The topological polar surface area (TPSA) is 151 Å². The van der Waals surface area contributed by atoms with Crippen LogP contribution in [0.15, 0.2) is 103 Å². The zero-order chi connectivity index (χ0) is 31.6. The molecule has 0 spiro atoms. The number of allylic oxidation sites excluding steroid dienone is 1. The summed E-state index contributed by atoms with van der Waals surface area (Å²) in [5.41, 5.74) is 7.80. The summed E-state index contributed by atoms with van der Waals surface area (Å²) in [6.07, 6.45) is 1.36. The Morgan fingerprint density at radius 2 is 1.73 bits per heavy atom. The molecule has 11 nitrogen and oxygen atoms in total. The van der Waals surface area contributed by atoms with Crippen molar-refractivity contribution >= 4 is 29.1 Å². The van der Waals surface area contributed by atoms with Crippen LogP contribution in [0.2, 0.25) is 0 Å². The fourth-order valence-corrected chi connectivity index (χ4v) is 4.66. The predicted molar refractivity (Wildman–Crippen MR) is 169 cm³/mol. The number of nitrogens with two attached hydrogens (primary N) is 1. The normalized spacial score (nSPS) is 13.1. The van der Waals surface area contributed by atoms with Crippen LogP contribution in [0.3, 0.4) is 0 Å². The number of nitrogens with one attached hydrogen (secondary N) is 2. The molecule has 0 saturated heterocycles. The van der Waals surface area contributed by atoms with E-state index in [0.29, 0.717) is 52.7 Å². The van der Waals surface area contributed by atoms with Gasteiger partial charge in [0.15, 0.2) is 29.1 Å². The first-order chi connectivity index (χ1) is 21.9. The van der Waals surface area contributed by atoms with Crippen LogP contribution in [0.1, 0.15) is 24.5 Å². The minimum absolute atomic E-state index is 0.0984. The number of nitrogen functional groups attached to an aromatic ring is 1. The van der Waals surface area contributed by atoms with Crippen molar-refractivity contribution in [2.24, 2.45) is 0 Å². The number of para-hydroxylation sites is 3. The maximum Gasteiger partial charge on any atom is 0.412 e. The van der Waals surface area contributed by atoms with E-state index in [2.05, 4.69) is 10.6 Å². The monoisotopic (exact) mass is 611 g/mol. The van der Waals surface area contributed by atoms with Gasteiger partial charge in [0.25, 0.3) is 0 Å². The Hall–Kier alpha value is -5.84. The number of aromatic hydroxyl groups is 1. The molecule has 0 aliphatic carbocycles. The number of phenolic OH excluding ortho intramolecular Hbond substituents is 1. The molecule has 0 bridgehead atoms. The Balaban J connectivity index is 1.36. The van der Waals surface area contributed by atoms with Gasteiger partial charge in [-0.05, 0) is 67.4 Å². The highest BCUT2D eigenvalue weighted by Gasteiger charge is 2.30. The van der Waals surface area contributed by atoms with Gasteiger partial charge in [0.05, 0.1) is 18.5 Å². The third kappa shape index (κ3) is 8.17. The van der Waals surface area contributed by atoms with Gasteiger partial charge in [-0.3, -0.25) is 10.1 Å². The first-order valence-corrected chi connectivity index (χ1v) is 14.2. The maximum absolute atomic E-state index is 13.3. The van der Waals surface area contributed by atoms with E-state index in [0.717, 1.165) is 0 Å². The van der Waals surface area contributed by atoms with Crippen molar-refractivity contribution in [2.45, 2.75) is 25.0 Å². The molecular formula is C34H33N3O8. The summed E-state index contributed by atoms with van der Waals surface area (Å²) in [5.74, 6) is 1.41. The Morgan fingerprint density at radius 3 is 2.51 bits per heavy atom. The van der Waals surface area contributed by atoms with Crippen molar-refractivity contribution in [3.05, 3.63) is 109 Å². The third-order valence-electron chi connectivity index (χ3n) is 6.86. The molecule has 1 aliphatic heterocycles. The zero-order valence-corrected chi connectivity index (χ0v) is 24.5. The fourth-order valence-electron chi connectivity index (χ4n) is 4.66. The molecule has 1 aliphatic rings. The van der Waals surface area contributed by atoms with Crippen molar-refractivity contribution in [1.29, 1.82) is 0 Å². The van der Waals surface area contributed by atoms with E-state index in [-0.39, 0.29) is 24.2 Å². The molecule has 0 fully saturated rings. The molecule has 0 saturated carbocycles. The summed E-state index contributed by atoms with van der Waals surface area (Å²) in [6, 6.07) is 25.8. The summed E-state index contributed by atoms with van der Waals surface area (Å²) in [5, 5.41) is 16.0. The SMILES string of the molecule is COc1ccc([C@H](OC(=O)Nc2ccc3c(c2)OCO3)[C@H](CC/C=C/C(=O)Nc2ccccc2N)Oc2ccccc2)cc1O. The van der Waals surface area contributed by atoms with Crippen LogP contribution in [-0.4, -0.2) is 37.1 Å². The van der Waals surface area contributed by atoms with Crippen LogP contribution in [0.4, 0.5) is 21.9 Å². The highest BCUT2D eigenvalue weighted by Crippen LogP contribution is 2.36. The number of carbonyl (C=O) groups excluding carboxylic acids is 2. The largest absolute Gasteiger partial charge is 0.504 e. The van der Waals surface area contributed by atoms with E-state index >= 15 is 0 Å². The minimum Gasteiger partial charge on any atom is -0.504 e. The van der Waals surface area contributed by atoms with Crippen molar-refractivity contribution in [1.82, 2.24) is 0 Å². The highest BCUT2D eigenvalue weighted by molar-refractivity contribution is 6.01. The number of hydrogen-bond acceptors (Lipinski definition) is 9. The van der Waals surface area contributed by atoms with Gasteiger partial charge in [0.1, 0.15) is 11.9 Å². The number of amides is 2. The summed E-state index contributed by atoms with van der Waals surface area (Å²) < 4.78 is 28.3. The number of ether oxygens (including phenoxy) is 5. The second kappa shape index (κ2) is 14.6. The number of carbonyl (C=O) groups is 2. The van der Waals surface area contributed by atoms with Gasteiger partial charge in [-0.2, -0.15) is 0 Å². The molecule has 232 valence electrons. The van der Waals surface area contributed by atoms with Crippen LogP contribution in [0.25, 0.3) is 0 Å². The average Bonchev–Trinajstić information content (AvgIpc) is 3.51. The van der Waals surface area contributed by atoms with E-state index < -0.39 is 18.3 Å². The Bertz CT molecular complexity index is 1660. The smallest absolute Gasteiger partial charge is 0.412 e. The minimum atomic E-state index is -0.984. The average molecular weight is 612 g/mol. The van der Waals surface area contributed by atoms with Gasteiger partial charge in [-0.15, -0.1) is 0 Å². The lowest BCUT2D eigenvalue weighted by molar-refractivity contribution is -0.111. The Kier molecular flexibility index (Phi) is 9.90. The van der Waals surface area contributed by atoms with Crippen molar-refractivity contribution in [2.75, 3.05) is 30.3 Å². The van der Waals surface area contributed by atoms with Gasteiger partial charge < -0.3 is 39.8 Å². The van der Waals surface area contributed by atoms with Crippen LogP contribution in [0, 0.1) is 0 Å². The molecule has 45 heavy (non-hydrogen) atoms. The molecule has 5 rings (SSSR count). The predicted octanol–water partition coefficient (Wildman–Crippen LogP) is 6.42. The summed E-state index contributed by atoms with van der Waals surface area (Å²) in [7, 11) is 1.44. The molecule has 0 aromatic heterocycles. The maximum atomic E-state index is 13.3. The quantitative estimate of drug-likeness (QED) is 0.105. The van der Waals surface area contributed by atoms with Crippen LogP contribution in [-0.2, 0) is 9.53 Å². The summed E-state index contributed by atoms with van der Waals surface area (Å²) in [4.78, 5) is 25.8. The standard InChI is InChI=1S/C34H33N3O8/c1-41-28-17-15-22(19-27(28)38)33(45-34(40)36-23-16-18-29-31(20-23)43-21-42-29)30(44-24-9-3-2-4-10-24)13-7-8-14-32(39)37-26-12-6-5-11-25(26)35/h2-6,8-12,14-20,30,33,38H,7,13,21,35H2,1H3,(H,36,40)(H,37,39)/b14-8+/t30-,33-/m0/s1. The molecule has 0 unspecified atom stereocenters. The number of hydrogen-bond donors (Lipinski definition) is 4. The van der Waals surface area contributed by atoms with E-state index in [1.165, 1.54) is 19.3 Å². The molecule has 4 aromatic rings. The van der Waals surface area contributed by atoms with Crippen LogP contribution >= 0.6 is 0 Å². The lowest BCUT2D eigenvalue weighted by Crippen LogP contribution is -2.31. The van der Waals surface area contributed by atoms with E-state index in [9.17, 15) is 14.7 Å². The first kappa shape index (κ1) is 30.6. The third-order valence-corrected chi connectivity index (χ3v) is 6.86. The molecule has 2 atom stereocenters. The molecular weight excluding hydrogens is 578 g/mol. The second-order valence-electron chi connectivity index (χ2n) is 9.98. The summed E-state index contributed by atoms with van der Waals surface area (Å²) in [6.45, 7) is 0.0984. The molecule has 0 radical (unpaired) electrons. The van der Waals surface area contributed by atoms with Crippen molar-refractivity contribution in [3.8, 4) is 28.7 Å². The zero-order valence-electron chi connectivity index (χ0n) is 24.5. The van der Waals surface area contributed by atoms with Gasteiger partial charge in [-0.25, -0.2) is 4.79 Å². The van der Waals surface area contributed by atoms with Crippen molar-refractivity contribution in [3.63, 3.8) is 0 Å². The molecule has 4 aromatic carbocycles. The number of phenols is 1. The van der Waals surface area contributed by atoms with Gasteiger partial charge >= 0.3 is 6.09 Å². The van der Waals surface area contributed by atoms with Crippen LogP contribution in [0.5, 0.6) is 28.7 Å². The lowest BCUT2D eigenvalue weighted by atomic mass is 9.99. The van der Waals surface area contributed by atoms with Gasteiger partial charge in [-0.1, -0.05) is 42.5 Å².